The lowest BCUT2D eigenvalue weighted by molar-refractivity contribution is -0.133. The van der Waals surface area contributed by atoms with E-state index in [9.17, 15) is 13.2 Å². The summed E-state index contributed by atoms with van der Waals surface area (Å²) in [6.07, 6.45) is 0. The zero-order chi connectivity index (χ0) is 16.5. The Morgan fingerprint density at radius 2 is 1.68 bits per heavy atom. The number of sulfonamides is 1. The summed E-state index contributed by atoms with van der Waals surface area (Å²) in [4.78, 5) is 13.3. The van der Waals surface area contributed by atoms with Crippen LogP contribution >= 0.6 is 23.2 Å². The van der Waals surface area contributed by atoms with Crippen LogP contribution in [0.15, 0.2) is 23.1 Å². The zero-order valence-electron chi connectivity index (χ0n) is 12.0. The van der Waals surface area contributed by atoms with Crippen molar-refractivity contribution in [2.24, 2.45) is 5.73 Å². The summed E-state index contributed by atoms with van der Waals surface area (Å²) in [5, 5.41) is 0.170. The molecule has 2 rings (SSSR count). The third-order valence-corrected chi connectivity index (χ3v) is 6.31. The van der Waals surface area contributed by atoms with E-state index in [0.29, 0.717) is 13.1 Å². The van der Waals surface area contributed by atoms with Gasteiger partial charge in [-0.2, -0.15) is 4.31 Å². The minimum absolute atomic E-state index is 0.0848. The number of halogens is 2. The summed E-state index contributed by atoms with van der Waals surface area (Å²) < 4.78 is 26.6. The van der Waals surface area contributed by atoms with Gasteiger partial charge in [-0.3, -0.25) is 4.79 Å². The fourth-order valence-electron chi connectivity index (χ4n) is 2.29. The Bertz CT molecular complexity index is 651. The Morgan fingerprint density at radius 1 is 1.18 bits per heavy atom. The first-order valence-electron chi connectivity index (χ1n) is 6.73. The van der Waals surface area contributed by atoms with Crippen molar-refractivity contribution in [1.29, 1.82) is 0 Å². The standard InChI is InChI=1S/C13H17Cl2N3O3S/c1-9(16)13(19)17-5-7-18(8-6-17)22(20,21)12-10(14)3-2-4-11(12)15/h2-4,9H,5-8,16H2,1H3/t9-/m1/s1. The molecule has 0 saturated carbocycles. The van der Waals surface area contributed by atoms with E-state index in [0.717, 1.165) is 0 Å². The van der Waals surface area contributed by atoms with E-state index >= 15 is 0 Å². The van der Waals surface area contributed by atoms with Crippen LogP contribution < -0.4 is 5.73 Å². The number of rotatable bonds is 3. The normalized spacial score (nSPS) is 18.3. The Hall–Kier alpha value is -0.860. The molecule has 1 amide bonds. The van der Waals surface area contributed by atoms with E-state index in [4.69, 9.17) is 28.9 Å². The molecule has 0 bridgehead atoms. The third kappa shape index (κ3) is 3.38. The number of nitrogens with zero attached hydrogens (tertiary/aromatic N) is 2. The van der Waals surface area contributed by atoms with Crippen molar-refractivity contribution in [2.75, 3.05) is 26.2 Å². The predicted octanol–water partition coefficient (Wildman–Crippen LogP) is 1.17. The molecule has 1 atom stereocenters. The Labute approximate surface area is 139 Å². The van der Waals surface area contributed by atoms with Crippen molar-refractivity contribution in [1.82, 2.24) is 9.21 Å². The third-order valence-electron chi connectivity index (χ3n) is 3.46. The van der Waals surface area contributed by atoms with Gasteiger partial charge in [0.25, 0.3) is 0 Å². The fourth-order valence-corrected chi connectivity index (χ4v) is 4.81. The molecule has 22 heavy (non-hydrogen) atoms. The van der Waals surface area contributed by atoms with Gasteiger partial charge in [-0.25, -0.2) is 8.42 Å². The molecule has 1 aromatic carbocycles. The maximum atomic E-state index is 12.7. The van der Waals surface area contributed by atoms with Crippen LogP contribution in [0, 0.1) is 0 Å². The summed E-state index contributed by atoms with van der Waals surface area (Å²) in [5.74, 6) is -0.187. The van der Waals surface area contributed by atoms with E-state index < -0.39 is 16.1 Å². The molecule has 0 radical (unpaired) electrons. The first kappa shape index (κ1) is 17.5. The lowest BCUT2D eigenvalue weighted by Gasteiger charge is -2.35. The van der Waals surface area contributed by atoms with Gasteiger partial charge >= 0.3 is 0 Å². The van der Waals surface area contributed by atoms with E-state index in [1.54, 1.807) is 17.9 Å². The highest BCUT2D eigenvalue weighted by Crippen LogP contribution is 2.31. The quantitative estimate of drug-likeness (QED) is 0.871. The first-order valence-corrected chi connectivity index (χ1v) is 8.93. The van der Waals surface area contributed by atoms with Gasteiger partial charge < -0.3 is 10.6 Å². The van der Waals surface area contributed by atoms with Crippen molar-refractivity contribution in [2.45, 2.75) is 17.9 Å². The van der Waals surface area contributed by atoms with E-state index in [1.165, 1.54) is 16.4 Å². The van der Waals surface area contributed by atoms with Crippen molar-refractivity contribution < 1.29 is 13.2 Å². The topological polar surface area (TPSA) is 83.7 Å². The summed E-state index contributed by atoms with van der Waals surface area (Å²) in [6, 6.07) is 3.95. The van der Waals surface area contributed by atoms with Crippen LogP contribution in [0.2, 0.25) is 10.0 Å². The van der Waals surface area contributed by atoms with Gasteiger partial charge in [-0.05, 0) is 19.1 Å². The van der Waals surface area contributed by atoms with Crippen LogP contribution in [0.25, 0.3) is 0 Å². The summed E-state index contributed by atoms with van der Waals surface area (Å²) in [6.45, 7) is 2.56. The maximum absolute atomic E-state index is 12.7. The number of piperazine rings is 1. The highest BCUT2D eigenvalue weighted by atomic mass is 35.5. The molecule has 1 aromatic rings. The predicted molar refractivity (Wildman–Crippen MR) is 85.5 cm³/mol. The molecule has 2 N–H and O–H groups in total. The molecule has 1 heterocycles. The van der Waals surface area contributed by atoms with Gasteiger partial charge in [0.05, 0.1) is 16.1 Å². The number of carbonyl (C=O) groups excluding carboxylic acids is 1. The summed E-state index contributed by atoms with van der Waals surface area (Å²) in [5.41, 5.74) is 5.56. The van der Waals surface area contributed by atoms with Crippen LogP contribution in [0.5, 0.6) is 0 Å². The van der Waals surface area contributed by atoms with Crippen LogP contribution in [-0.4, -0.2) is 55.8 Å². The number of hydrogen-bond acceptors (Lipinski definition) is 4. The number of nitrogens with two attached hydrogens (primary N) is 1. The van der Waals surface area contributed by atoms with Gasteiger partial charge in [-0.15, -0.1) is 0 Å². The van der Waals surface area contributed by atoms with Crippen molar-refractivity contribution in [3.8, 4) is 0 Å². The molecule has 1 aliphatic rings. The molecule has 0 aromatic heterocycles. The molecular weight excluding hydrogens is 349 g/mol. The van der Waals surface area contributed by atoms with Crippen molar-refractivity contribution >= 4 is 39.1 Å². The number of amides is 1. The average molecular weight is 366 g/mol. The van der Waals surface area contributed by atoms with Crippen molar-refractivity contribution in [3.63, 3.8) is 0 Å². The molecular formula is C13H17Cl2N3O3S. The summed E-state index contributed by atoms with van der Waals surface area (Å²) in [7, 11) is -3.79. The highest BCUT2D eigenvalue weighted by Gasteiger charge is 2.33. The van der Waals surface area contributed by atoms with Crippen LogP contribution in [-0.2, 0) is 14.8 Å². The molecule has 6 nitrogen and oxygen atoms in total. The number of carbonyl (C=O) groups is 1. The van der Waals surface area contributed by atoms with Crippen LogP contribution in [0.3, 0.4) is 0 Å². The van der Waals surface area contributed by atoms with Gasteiger partial charge in [0, 0.05) is 26.2 Å². The van der Waals surface area contributed by atoms with Gasteiger partial charge in [0.15, 0.2) is 0 Å². The molecule has 0 unspecified atom stereocenters. The Kier molecular flexibility index (Phi) is 5.34. The molecule has 1 fully saturated rings. The zero-order valence-corrected chi connectivity index (χ0v) is 14.3. The molecule has 122 valence electrons. The number of hydrogen-bond donors (Lipinski definition) is 1. The molecule has 0 spiro atoms. The lowest BCUT2D eigenvalue weighted by Crippen LogP contribution is -2.53. The monoisotopic (exact) mass is 365 g/mol. The van der Waals surface area contributed by atoms with E-state index in [2.05, 4.69) is 0 Å². The largest absolute Gasteiger partial charge is 0.339 e. The molecule has 1 saturated heterocycles. The van der Waals surface area contributed by atoms with Crippen LogP contribution in [0.1, 0.15) is 6.92 Å². The second-order valence-electron chi connectivity index (χ2n) is 5.07. The van der Waals surface area contributed by atoms with Crippen LogP contribution in [0.4, 0.5) is 0 Å². The maximum Gasteiger partial charge on any atom is 0.246 e. The summed E-state index contributed by atoms with van der Waals surface area (Å²) >= 11 is 12.0. The Balaban J connectivity index is 2.19. The molecule has 0 aliphatic carbocycles. The fraction of sp³-hybridized carbons (Fsp3) is 0.462. The van der Waals surface area contributed by atoms with E-state index in [1.807, 2.05) is 0 Å². The van der Waals surface area contributed by atoms with Gasteiger partial charge in [0.2, 0.25) is 15.9 Å². The molecule has 1 aliphatic heterocycles. The number of benzene rings is 1. The van der Waals surface area contributed by atoms with E-state index in [-0.39, 0.29) is 33.9 Å². The molecule has 9 heteroatoms. The second kappa shape index (κ2) is 6.72. The minimum Gasteiger partial charge on any atom is -0.339 e. The first-order chi connectivity index (χ1) is 10.2. The minimum atomic E-state index is -3.79. The lowest BCUT2D eigenvalue weighted by atomic mass is 10.2. The highest BCUT2D eigenvalue weighted by molar-refractivity contribution is 7.89. The van der Waals surface area contributed by atoms with Gasteiger partial charge in [-0.1, -0.05) is 29.3 Å². The smallest absolute Gasteiger partial charge is 0.246 e. The van der Waals surface area contributed by atoms with Gasteiger partial charge in [0.1, 0.15) is 4.90 Å². The second-order valence-corrected chi connectivity index (χ2v) is 7.76. The average Bonchev–Trinajstić information content (AvgIpc) is 2.46. The SMILES string of the molecule is C[C@@H](N)C(=O)N1CCN(S(=O)(=O)c2c(Cl)cccc2Cl)CC1. The Morgan fingerprint density at radius 3 is 2.14 bits per heavy atom. The van der Waals surface area contributed by atoms with Crippen molar-refractivity contribution in [3.05, 3.63) is 28.2 Å².